The molecule has 0 fully saturated rings. The quantitative estimate of drug-likeness (QED) is 0.593. The molecule has 0 atom stereocenters. The molecule has 0 unspecified atom stereocenters. The van der Waals surface area contributed by atoms with E-state index in [-0.39, 0.29) is 5.97 Å². The van der Waals surface area contributed by atoms with Gasteiger partial charge in [-0.1, -0.05) is 36.4 Å². The van der Waals surface area contributed by atoms with Crippen molar-refractivity contribution in [2.24, 2.45) is 0 Å². The van der Waals surface area contributed by atoms with Gasteiger partial charge in [0.25, 0.3) is 0 Å². The fourth-order valence-corrected chi connectivity index (χ4v) is 3.26. The number of esters is 2. The predicted octanol–water partition coefficient (Wildman–Crippen LogP) is 4.88. The van der Waals surface area contributed by atoms with Crippen LogP contribution >= 0.6 is 0 Å². The average Bonchev–Trinajstić information content (AvgIpc) is 2.66. The van der Waals surface area contributed by atoms with E-state index in [1.54, 1.807) is 12.3 Å². The van der Waals surface area contributed by atoms with Gasteiger partial charge in [0.2, 0.25) is 0 Å². The monoisotopic (exact) mass is 391 g/mol. The molecule has 0 aliphatic heterocycles. The lowest BCUT2D eigenvalue weighted by molar-refractivity contribution is 0.00685. The largest absolute Gasteiger partial charge is 0.465 e. The van der Waals surface area contributed by atoms with Gasteiger partial charge >= 0.3 is 11.9 Å². The summed E-state index contributed by atoms with van der Waals surface area (Å²) in [7, 11) is 1.36. The molecule has 0 aliphatic rings. The topological polar surface area (TPSA) is 65.5 Å². The van der Waals surface area contributed by atoms with Crippen molar-refractivity contribution in [3.8, 4) is 0 Å². The molecule has 0 aliphatic carbocycles. The number of aryl methyl sites for hydroxylation is 1. The maximum Gasteiger partial charge on any atom is 0.340 e. The van der Waals surface area contributed by atoms with Crippen LogP contribution in [0, 0.1) is 6.92 Å². The number of methoxy groups -OCH3 is 1. The number of rotatable bonds is 4. The van der Waals surface area contributed by atoms with Gasteiger partial charge in [0.1, 0.15) is 5.60 Å². The minimum Gasteiger partial charge on any atom is -0.465 e. The van der Waals surface area contributed by atoms with E-state index in [0.29, 0.717) is 17.5 Å². The molecule has 3 aromatic rings. The van der Waals surface area contributed by atoms with Crippen LogP contribution in [0.5, 0.6) is 0 Å². The van der Waals surface area contributed by atoms with Gasteiger partial charge < -0.3 is 9.47 Å². The van der Waals surface area contributed by atoms with Gasteiger partial charge in [-0.25, -0.2) is 9.59 Å². The van der Waals surface area contributed by atoms with E-state index in [2.05, 4.69) is 4.98 Å². The Labute approximate surface area is 170 Å². The van der Waals surface area contributed by atoms with E-state index in [4.69, 9.17) is 9.47 Å². The lowest BCUT2D eigenvalue weighted by atomic mass is 9.98. The third kappa shape index (κ3) is 4.62. The van der Waals surface area contributed by atoms with Crippen LogP contribution in [-0.2, 0) is 15.9 Å². The predicted molar refractivity (Wildman–Crippen MR) is 112 cm³/mol. The number of fused-ring (bicyclic) bond motifs is 1. The minimum absolute atomic E-state index is 0.326. The summed E-state index contributed by atoms with van der Waals surface area (Å²) in [6, 6.07) is 13.3. The molecule has 0 saturated carbocycles. The maximum absolute atomic E-state index is 12.4. The molecule has 1 heterocycles. The number of hydrogen-bond donors (Lipinski definition) is 0. The lowest BCUT2D eigenvalue weighted by Crippen LogP contribution is -2.24. The Morgan fingerprint density at radius 3 is 2.28 bits per heavy atom. The van der Waals surface area contributed by atoms with Crippen molar-refractivity contribution in [3.05, 3.63) is 76.6 Å². The first kappa shape index (κ1) is 20.5. The van der Waals surface area contributed by atoms with Crippen molar-refractivity contribution in [2.75, 3.05) is 7.11 Å². The van der Waals surface area contributed by atoms with Gasteiger partial charge in [-0.3, -0.25) is 4.98 Å². The van der Waals surface area contributed by atoms with Crippen molar-refractivity contribution < 1.29 is 19.1 Å². The Morgan fingerprint density at radius 1 is 0.966 bits per heavy atom. The Kier molecular flexibility index (Phi) is 5.69. The van der Waals surface area contributed by atoms with Gasteiger partial charge in [0.05, 0.1) is 23.9 Å². The van der Waals surface area contributed by atoms with E-state index in [1.807, 2.05) is 64.1 Å². The van der Waals surface area contributed by atoms with Crippen LogP contribution in [0.4, 0.5) is 0 Å². The maximum atomic E-state index is 12.4. The van der Waals surface area contributed by atoms with Gasteiger partial charge in [-0.15, -0.1) is 0 Å². The molecule has 150 valence electrons. The van der Waals surface area contributed by atoms with E-state index >= 15 is 0 Å². The molecule has 0 bridgehead atoms. The summed E-state index contributed by atoms with van der Waals surface area (Å²) in [4.78, 5) is 28.9. The van der Waals surface area contributed by atoms with Gasteiger partial charge in [-0.05, 0) is 50.3 Å². The first-order chi connectivity index (χ1) is 13.7. The Morgan fingerprint density at radius 2 is 1.66 bits per heavy atom. The van der Waals surface area contributed by atoms with Crippen molar-refractivity contribution in [3.63, 3.8) is 0 Å². The summed E-state index contributed by atoms with van der Waals surface area (Å²) in [6.45, 7) is 7.45. The highest BCUT2D eigenvalue weighted by atomic mass is 16.6. The van der Waals surface area contributed by atoms with E-state index in [1.165, 1.54) is 7.11 Å². The molecule has 0 saturated heterocycles. The second kappa shape index (κ2) is 8.03. The van der Waals surface area contributed by atoms with Crippen molar-refractivity contribution in [2.45, 2.75) is 39.7 Å². The SMILES string of the molecule is COC(=O)c1cnc(Cc2ccc(C(=O)OC(C)(C)C)c(C)c2)c2ccccc12. The van der Waals surface area contributed by atoms with Crippen LogP contribution < -0.4 is 0 Å². The third-order valence-corrected chi connectivity index (χ3v) is 4.56. The number of hydrogen-bond acceptors (Lipinski definition) is 5. The van der Waals surface area contributed by atoms with Gasteiger partial charge in [-0.2, -0.15) is 0 Å². The highest BCUT2D eigenvalue weighted by molar-refractivity contribution is 6.04. The number of aromatic nitrogens is 1. The van der Waals surface area contributed by atoms with E-state index in [9.17, 15) is 9.59 Å². The van der Waals surface area contributed by atoms with Crippen LogP contribution in [0.25, 0.3) is 10.8 Å². The number of nitrogens with zero attached hydrogens (tertiary/aromatic N) is 1. The molecular formula is C24H25NO4. The number of ether oxygens (including phenoxy) is 2. The van der Waals surface area contributed by atoms with Crippen LogP contribution in [0.3, 0.4) is 0 Å². The minimum atomic E-state index is -0.535. The van der Waals surface area contributed by atoms with E-state index < -0.39 is 11.6 Å². The first-order valence-electron chi connectivity index (χ1n) is 9.47. The third-order valence-electron chi connectivity index (χ3n) is 4.56. The molecule has 29 heavy (non-hydrogen) atoms. The fourth-order valence-electron chi connectivity index (χ4n) is 3.26. The molecule has 0 radical (unpaired) electrons. The van der Waals surface area contributed by atoms with Crippen molar-refractivity contribution in [1.29, 1.82) is 0 Å². The zero-order valence-electron chi connectivity index (χ0n) is 17.4. The standard InChI is InChI=1S/C24H25NO4/c1-15-12-16(10-11-17(15)23(27)29-24(2,3)4)13-21-19-9-7-6-8-18(19)20(14-25-21)22(26)28-5/h6-12,14H,13H2,1-5H3. The van der Waals surface area contributed by atoms with Crippen molar-refractivity contribution in [1.82, 2.24) is 4.98 Å². The van der Waals surface area contributed by atoms with Crippen LogP contribution in [0.2, 0.25) is 0 Å². The second-order valence-electron chi connectivity index (χ2n) is 7.98. The number of carbonyl (C=O) groups excluding carboxylic acids is 2. The molecule has 0 amide bonds. The summed E-state index contributed by atoms with van der Waals surface area (Å²) in [5.41, 5.74) is 3.21. The molecule has 0 N–H and O–H groups in total. The molecule has 3 rings (SSSR count). The Bertz CT molecular complexity index is 1080. The highest BCUT2D eigenvalue weighted by Gasteiger charge is 2.20. The number of pyridine rings is 1. The van der Waals surface area contributed by atoms with Crippen molar-refractivity contribution >= 4 is 22.7 Å². The molecule has 5 nitrogen and oxygen atoms in total. The molecular weight excluding hydrogens is 366 g/mol. The van der Waals surface area contributed by atoms with Crippen LogP contribution in [-0.4, -0.2) is 29.6 Å². The highest BCUT2D eigenvalue weighted by Crippen LogP contribution is 2.25. The van der Waals surface area contributed by atoms with Crippen LogP contribution in [0.1, 0.15) is 58.3 Å². The molecule has 0 spiro atoms. The Balaban J connectivity index is 1.93. The zero-order valence-corrected chi connectivity index (χ0v) is 17.4. The van der Waals surface area contributed by atoms with E-state index in [0.717, 1.165) is 27.6 Å². The normalized spacial score (nSPS) is 11.3. The Hall–Kier alpha value is -3.21. The summed E-state index contributed by atoms with van der Waals surface area (Å²) >= 11 is 0. The molecule has 1 aromatic heterocycles. The number of benzene rings is 2. The second-order valence-corrected chi connectivity index (χ2v) is 7.98. The smallest absolute Gasteiger partial charge is 0.340 e. The lowest BCUT2D eigenvalue weighted by Gasteiger charge is -2.20. The summed E-state index contributed by atoms with van der Waals surface area (Å²) in [6.07, 6.45) is 2.14. The zero-order chi connectivity index (χ0) is 21.2. The van der Waals surface area contributed by atoms with Crippen LogP contribution in [0.15, 0.2) is 48.7 Å². The molecule has 5 heteroatoms. The first-order valence-corrected chi connectivity index (χ1v) is 9.47. The molecule has 2 aromatic carbocycles. The van der Waals surface area contributed by atoms with Gasteiger partial charge in [0.15, 0.2) is 0 Å². The number of carbonyl (C=O) groups is 2. The van der Waals surface area contributed by atoms with Gasteiger partial charge in [0, 0.05) is 18.0 Å². The summed E-state index contributed by atoms with van der Waals surface area (Å²) in [5.74, 6) is -0.731. The summed E-state index contributed by atoms with van der Waals surface area (Å²) in [5, 5.41) is 1.72. The average molecular weight is 391 g/mol. The summed E-state index contributed by atoms with van der Waals surface area (Å²) < 4.78 is 10.3. The fraction of sp³-hybridized carbons (Fsp3) is 0.292.